The molecule has 0 aliphatic carbocycles. The lowest BCUT2D eigenvalue weighted by Crippen LogP contribution is -2.22. The summed E-state index contributed by atoms with van der Waals surface area (Å²) in [7, 11) is 1.67. The molecule has 2 N–H and O–H groups in total. The van der Waals surface area contributed by atoms with E-state index >= 15 is 0 Å². The van der Waals surface area contributed by atoms with E-state index in [0.717, 1.165) is 15.5 Å². The summed E-state index contributed by atoms with van der Waals surface area (Å²) in [6.07, 6.45) is 2.16. The van der Waals surface area contributed by atoms with E-state index in [1.165, 1.54) is 6.20 Å². The maximum absolute atomic E-state index is 10.6. The summed E-state index contributed by atoms with van der Waals surface area (Å²) in [6.45, 7) is 2.79. The Labute approximate surface area is 153 Å². The van der Waals surface area contributed by atoms with Gasteiger partial charge in [-0.25, -0.2) is 0 Å². The molecular formula is C16H19IN2O5. The Morgan fingerprint density at radius 3 is 2.33 bits per heavy atom. The molecule has 0 unspecified atom stereocenters. The maximum Gasteiger partial charge on any atom is 0.293 e. The van der Waals surface area contributed by atoms with Gasteiger partial charge >= 0.3 is 0 Å². The number of anilines is 1. The Hall–Kier alpha value is -2.23. The van der Waals surface area contributed by atoms with Crippen molar-refractivity contribution in [1.29, 1.82) is 0 Å². The van der Waals surface area contributed by atoms with Crippen molar-refractivity contribution in [2.75, 3.05) is 25.1 Å². The van der Waals surface area contributed by atoms with Crippen molar-refractivity contribution in [3.05, 3.63) is 34.0 Å². The van der Waals surface area contributed by atoms with Crippen LogP contribution in [0.3, 0.4) is 0 Å². The molecule has 2 rings (SSSR count). The van der Waals surface area contributed by atoms with Gasteiger partial charge in [0.2, 0.25) is 5.75 Å². The van der Waals surface area contributed by atoms with Crippen LogP contribution < -0.4 is 4.90 Å². The van der Waals surface area contributed by atoms with Gasteiger partial charge in [0.1, 0.15) is 6.29 Å². The first-order valence-corrected chi connectivity index (χ1v) is 8.13. The Balaban J connectivity index is 0.000000505. The van der Waals surface area contributed by atoms with Crippen LogP contribution in [-0.2, 0) is 14.3 Å². The average Bonchev–Trinajstić information content (AvgIpc) is 2.85. The van der Waals surface area contributed by atoms with E-state index < -0.39 is 0 Å². The molecule has 0 saturated heterocycles. The van der Waals surface area contributed by atoms with Crippen molar-refractivity contribution in [1.82, 2.24) is 4.57 Å². The van der Waals surface area contributed by atoms with Gasteiger partial charge in [-0.2, -0.15) is 0 Å². The van der Waals surface area contributed by atoms with Crippen LogP contribution in [0.5, 0.6) is 11.5 Å². The molecule has 0 atom stereocenters. The summed E-state index contributed by atoms with van der Waals surface area (Å²) >= 11 is 2.20. The van der Waals surface area contributed by atoms with Gasteiger partial charge in [0.15, 0.2) is 11.6 Å². The van der Waals surface area contributed by atoms with E-state index in [0.29, 0.717) is 18.9 Å². The summed E-state index contributed by atoms with van der Waals surface area (Å²) in [5, 5.41) is 19.6. The molecule has 0 bridgehead atoms. The van der Waals surface area contributed by atoms with E-state index in [1.807, 2.05) is 24.3 Å². The number of likely N-dealkylation sites (N-methyl/N-ethyl adjacent to an activating group) is 1. The van der Waals surface area contributed by atoms with E-state index in [4.69, 9.17) is 0 Å². The largest absolute Gasteiger partial charge is 0.503 e. The predicted molar refractivity (Wildman–Crippen MR) is 98.8 cm³/mol. The van der Waals surface area contributed by atoms with E-state index in [-0.39, 0.29) is 18.0 Å². The molecule has 8 heteroatoms. The standard InChI is InChI=1S/C13H13IN2O3.C3H6O2/c1-15(6-7-17)13-12(19)11(18)8-16(13)10-4-2-9(14)3-5-10;1-2-5-3-4/h2-5,7-8,18-19H,6H2,1H3;3H,2H2,1H3. The number of hydrogen-bond donors (Lipinski definition) is 2. The number of aromatic hydroxyl groups is 2. The van der Waals surface area contributed by atoms with Crippen molar-refractivity contribution < 1.29 is 24.5 Å². The molecule has 7 nitrogen and oxygen atoms in total. The first-order chi connectivity index (χ1) is 11.5. The molecule has 0 amide bonds. The lowest BCUT2D eigenvalue weighted by Gasteiger charge is -2.19. The van der Waals surface area contributed by atoms with Gasteiger partial charge in [0.25, 0.3) is 6.47 Å². The zero-order valence-corrected chi connectivity index (χ0v) is 15.5. The number of rotatable bonds is 6. The lowest BCUT2D eigenvalue weighted by molar-refractivity contribution is -0.128. The SMILES string of the molecule is CCOC=O.CN(CC=O)c1c(O)c(O)cn1-c1ccc(I)cc1. The van der Waals surface area contributed by atoms with Crippen LogP contribution in [0.25, 0.3) is 5.69 Å². The Morgan fingerprint density at radius 1 is 1.25 bits per heavy atom. The second kappa shape index (κ2) is 9.81. The van der Waals surface area contributed by atoms with Crippen molar-refractivity contribution in [2.24, 2.45) is 0 Å². The second-order valence-corrected chi connectivity index (χ2v) is 5.88. The highest BCUT2D eigenvalue weighted by atomic mass is 127. The molecule has 0 radical (unpaired) electrons. The van der Waals surface area contributed by atoms with E-state index in [9.17, 15) is 19.8 Å². The molecule has 2 aromatic rings. The van der Waals surface area contributed by atoms with Crippen LogP contribution in [0.1, 0.15) is 6.92 Å². The van der Waals surface area contributed by atoms with Crippen LogP contribution in [-0.4, -0.2) is 47.7 Å². The van der Waals surface area contributed by atoms with Crippen LogP contribution in [0.2, 0.25) is 0 Å². The summed E-state index contributed by atoms with van der Waals surface area (Å²) in [4.78, 5) is 21.4. The van der Waals surface area contributed by atoms with Gasteiger partial charge in [0, 0.05) is 16.3 Å². The Kier molecular flexibility index (Phi) is 8.10. The molecule has 1 aromatic carbocycles. The fourth-order valence-corrected chi connectivity index (χ4v) is 2.26. The number of carbonyl (C=O) groups is 2. The molecule has 0 saturated carbocycles. The molecular weight excluding hydrogens is 427 g/mol. The van der Waals surface area contributed by atoms with Gasteiger partial charge < -0.3 is 24.6 Å². The monoisotopic (exact) mass is 446 g/mol. The van der Waals surface area contributed by atoms with Crippen LogP contribution >= 0.6 is 22.6 Å². The number of aromatic nitrogens is 1. The molecule has 130 valence electrons. The van der Waals surface area contributed by atoms with Crippen molar-refractivity contribution in [3.63, 3.8) is 0 Å². The number of carbonyl (C=O) groups excluding carboxylic acids is 2. The van der Waals surface area contributed by atoms with Gasteiger partial charge in [0.05, 0.1) is 19.3 Å². The van der Waals surface area contributed by atoms with Crippen molar-refractivity contribution in [3.8, 4) is 17.2 Å². The first-order valence-electron chi connectivity index (χ1n) is 7.05. The summed E-state index contributed by atoms with van der Waals surface area (Å²) in [6, 6.07) is 7.60. The third-order valence-corrected chi connectivity index (χ3v) is 3.70. The lowest BCUT2D eigenvalue weighted by atomic mass is 10.3. The zero-order valence-electron chi connectivity index (χ0n) is 13.3. The number of aldehydes is 1. The van der Waals surface area contributed by atoms with Gasteiger partial charge in [-0.1, -0.05) is 0 Å². The Morgan fingerprint density at radius 2 is 1.88 bits per heavy atom. The first kappa shape index (κ1) is 19.8. The third kappa shape index (κ3) is 5.15. The average molecular weight is 446 g/mol. The highest BCUT2D eigenvalue weighted by molar-refractivity contribution is 14.1. The molecule has 0 aliphatic rings. The highest BCUT2D eigenvalue weighted by Crippen LogP contribution is 2.39. The van der Waals surface area contributed by atoms with Crippen LogP contribution in [0.15, 0.2) is 30.5 Å². The van der Waals surface area contributed by atoms with Gasteiger partial charge in [-0.3, -0.25) is 9.36 Å². The Bertz CT molecular complexity index is 670. The smallest absolute Gasteiger partial charge is 0.293 e. The number of hydrogen-bond acceptors (Lipinski definition) is 6. The molecule has 24 heavy (non-hydrogen) atoms. The normalized spacial score (nSPS) is 9.62. The molecule has 1 aromatic heterocycles. The summed E-state index contributed by atoms with van der Waals surface area (Å²) < 4.78 is 6.88. The van der Waals surface area contributed by atoms with Gasteiger partial charge in [-0.15, -0.1) is 0 Å². The number of halogens is 1. The van der Waals surface area contributed by atoms with Gasteiger partial charge in [-0.05, 0) is 53.8 Å². The minimum atomic E-state index is -0.233. The molecule has 0 spiro atoms. The highest BCUT2D eigenvalue weighted by Gasteiger charge is 2.19. The number of ether oxygens (including phenoxy) is 1. The minimum Gasteiger partial charge on any atom is -0.503 e. The van der Waals surface area contributed by atoms with E-state index in [1.54, 1.807) is 23.4 Å². The minimum absolute atomic E-state index is 0.126. The molecule has 0 fully saturated rings. The number of nitrogens with zero attached hydrogens (tertiary/aromatic N) is 2. The zero-order chi connectivity index (χ0) is 18.1. The maximum atomic E-state index is 10.6. The van der Waals surface area contributed by atoms with Crippen molar-refractivity contribution in [2.45, 2.75) is 6.92 Å². The van der Waals surface area contributed by atoms with Crippen LogP contribution in [0, 0.1) is 3.57 Å². The quantitative estimate of drug-likeness (QED) is 0.523. The second-order valence-electron chi connectivity index (χ2n) is 4.63. The van der Waals surface area contributed by atoms with Crippen molar-refractivity contribution >= 4 is 41.2 Å². The van der Waals surface area contributed by atoms with Crippen LogP contribution in [0.4, 0.5) is 5.82 Å². The summed E-state index contributed by atoms with van der Waals surface area (Å²) in [5.74, 6) is -0.0694. The fourth-order valence-electron chi connectivity index (χ4n) is 1.90. The van der Waals surface area contributed by atoms with E-state index in [2.05, 4.69) is 27.3 Å². The number of benzene rings is 1. The summed E-state index contributed by atoms with van der Waals surface area (Å²) in [5.41, 5.74) is 0.795. The fraction of sp³-hybridized carbons (Fsp3) is 0.250. The molecule has 0 aliphatic heterocycles. The third-order valence-electron chi connectivity index (χ3n) is 2.98. The predicted octanol–water partition coefficient (Wildman–Crippen LogP) is 2.31. The molecule has 1 heterocycles. The topological polar surface area (TPSA) is 92.0 Å².